The maximum Gasteiger partial charge on any atom is 0.158 e. The Labute approximate surface area is 152 Å². The summed E-state index contributed by atoms with van der Waals surface area (Å²) in [5.41, 5.74) is 0. The van der Waals surface area contributed by atoms with Crippen LogP contribution in [0.4, 0.5) is 0 Å². The van der Waals surface area contributed by atoms with Gasteiger partial charge in [0.2, 0.25) is 0 Å². The van der Waals surface area contributed by atoms with Crippen LogP contribution in [0, 0.1) is 11.8 Å². The molecule has 0 amide bonds. The first-order valence-electron chi connectivity index (χ1n) is 9.68. The molecule has 0 aromatic carbocycles. The van der Waals surface area contributed by atoms with Gasteiger partial charge in [-0.25, -0.2) is 0 Å². The first-order chi connectivity index (χ1) is 11.4. The van der Waals surface area contributed by atoms with Crippen LogP contribution < -0.4 is 0 Å². The molecule has 3 heteroatoms. The lowest BCUT2D eigenvalue weighted by atomic mass is 10.1. The summed E-state index contributed by atoms with van der Waals surface area (Å²) in [7, 11) is 0. The number of unbranched alkanes of at least 4 members (excludes halogenated alkanes) is 10. The Morgan fingerprint density at radius 3 is 2.09 bits per heavy atom. The number of hydrogen-bond donors (Lipinski definition) is 0. The molecule has 1 heterocycles. The van der Waals surface area contributed by atoms with Crippen molar-refractivity contribution in [3.8, 4) is 11.8 Å². The van der Waals surface area contributed by atoms with E-state index < -0.39 is 0 Å². The molecule has 1 atom stereocenters. The molecule has 1 rings (SSSR count). The zero-order valence-electron chi connectivity index (χ0n) is 14.8. The zero-order valence-corrected chi connectivity index (χ0v) is 16.4. The number of alkyl halides is 1. The molecule has 0 bridgehead atoms. The quantitative estimate of drug-likeness (QED) is 0.212. The van der Waals surface area contributed by atoms with Crippen LogP contribution in [-0.2, 0) is 9.47 Å². The fraction of sp³-hybridized carbons (Fsp3) is 0.900. The molecule has 23 heavy (non-hydrogen) atoms. The van der Waals surface area contributed by atoms with Gasteiger partial charge in [0.05, 0.1) is 0 Å². The first kappa shape index (κ1) is 21.0. The Hall–Kier alpha value is -0.0400. The highest BCUT2D eigenvalue weighted by molar-refractivity contribution is 9.09. The van der Waals surface area contributed by atoms with Gasteiger partial charge in [-0.2, -0.15) is 0 Å². The van der Waals surface area contributed by atoms with Gasteiger partial charge >= 0.3 is 0 Å². The molecule has 0 saturated carbocycles. The SMILES string of the molecule is BrCCCCCCCCCCCCC#CCOC1CCCCO1. The Morgan fingerprint density at radius 2 is 1.48 bits per heavy atom. The van der Waals surface area contributed by atoms with Gasteiger partial charge in [-0.15, -0.1) is 5.92 Å². The van der Waals surface area contributed by atoms with Gasteiger partial charge in [-0.05, 0) is 32.1 Å². The van der Waals surface area contributed by atoms with E-state index in [1.165, 1.54) is 77.0 Å². The molecule has 0 aliphatic carbocycles. The van der Waals surface area contributed by atoms with Crippen LogP contribution in [0.5, 0.6) is 0 Å². The van der Waals surface area contributed by atoms with E-state index in [4.69, 9.17) is 9.47 Å². The van der Waals surface area contributed by atoms with E-state index in [0.29, 0.717) is 6.61 Å². The second kappa shape index (κ2) is 16.8. The molecule has 0 N–H and O–H groups in total. The molecule has 0 spiro atoms. The van der Waals surface area contributed by atoms with E-state index in [1.807, 2.05) is 0 Å². The second-order valence-corrected chi connectivity index (χ2v) is 7.23. The van der Waals surface area contributed by atoms with E-state index in [2.05, 4.69) is 27.8 Å². The van der Waals surface area contributed by atoms with Crippen molar-refractivity contribution in [2.24, 2.45) is 0 Å². The van der Waals surface area contributed by atoms with E-state index in [-0.39, 0.29) is 6.29 Å². The second-order valence-electron chi connectivity index (χ2n) is 6.44. The minimum absolute atomic E-state index is 0.00229. The van der Waals surface area contributed by atoms with Gasteiger partial charge in [0.25, 0.3) is 0 Å². The molecule has 134 valence electrons. The van der Waals surface area contributed by atoms with Crippen LogP contribution in [-0.4, -0.2) is 24.8 Å². The summed E-state index contributed by atoms with van der Waals surface area (Å²) in [5.74, 6) is 6.33. The van der Waals surface area contributed by atoms with Gasteiger partial charge in [-0.1, -0.05) is 73.2 Å². The van der Waals surface area contributed by atoms with Gasteiger partial charge in [0.1, 0.15) is 6.61 Å². The predicted molar refractivity (Wildman–Crippen MR) is 102 cm³/mol. The van der Waals surface area contributed by atoms with Crippen molar-refractivity contribution >= 4 is 15.9 Å². The van der Waals surface area contributed by atoms with Crippen molar-refractivity contribution in [1.29, 1.82) is 0 Å². The third-order valence-corrected chi connectivity index (χ3v) is 4.85. The van der Waals surface area contributed by atoms with Crippen LogP contribution in [0.1, 0.15) is 89.9 Å². The third kappa shape index (κ3) is 14.0. The van der Waals surface area contributed by atoms with E-state index in [0.717, 1.165) is 24.8 Å². The van der Waals surface area contributed by atoms with Crippen LogP contribution in [0.3, 0.4) is 0 Å². The summed E-state index contributed by atoms with van der Waals surface area (Å²) < 4.78 is 11.1. The van der Waals surface area contributed by atoms with Crippen molar-refractivity contribution in [1.82, 2.24) is 0 Å². The average molecular weight is 387 g/mol. The Kier molecular flexibility index (Phi) is 15.3. The number of hydrogen-bond acceptors (Lipinski definition) is 2. The Balaban J connectivity index is 1.75. The highest BCUT2D eigenvalue weighted by atomic mass is 79.9. The molecule has 0 radical (unpaired) electrons. The first-order valence-corrected chi connectivity index (χ1v) is 10.8. The monoisotopic (exact) mass is 386 g/mol. The lowest BCUT2D eigenvalue weighted by molar-refractivity contribution is -0.154. The maximum atomic E-state index is 5.59. The molecule has 0 aromatic heterocycles. The summed E-state index contributed by atoms with van der Waals surface area (Å²) in [6, 6.07) is 0. The molecular formula is C20H35BrO2. The number of ether oxygens (including phenoxy) is 2. The smallest absolute Gasteiger partial charge is 0.158 e. The van der Waals surface area contributed by atoms with Crippen LogP contribution in [0.25, 0.3) is 0 Å². The van der Waals surface area contributed by atoms with Gasteiger partial charge in [0.15, 0.2) is 6.29 Å². The number of rotatable bonds is 13. The molecule has 2 nitrogen and oxygen atoms in total. The van der Waals surface area contributed by atoms with Crippen molar-refractivity contribution in [3.05, 3.63) is 0 Å². The van der Waals surface area contributed by atoms with Crippen molar-refractivity contribution < 1.29 is 9.47 Å². The van der Waals surface area contributed by atoms with Crippen LogP contribution in [0.15, 0.2) is 0 Å². The zero-order chi connectivity index (χ0) is 16.4. The summed E-state index contributed by atoms with van der Waals surface area (Å²) in [5, 5.41) is 1.16. The summed E-state index contributed by atoms with van der Waals surface area (Å²) in [4.78, 5) is 0. The summed E-state index contributed by atoms with van der Waals surface area (Å²) in [6.45, 7) is 1.37. The average Bonchev–Trinajstić information content (AvgIpc) is 2.59. The standard InChI is InChI=1S/C20H35BrO2/c21-17-13-10-8-6-4-2-1-3-5-7-9-11-14-18-22-20-16-12-15-19-23-20/h20H,1-10,12-13,15-19H2. The highest BCUT2D eigenvalue weighted by Crippen LogP contribution is 2.13. The topological polar surface area (TPSA) is 18.5 Å². The highest BCUT2D eigenvalue weighted by Gasteiger charge is 2.12. The molecule has 1 aliphatic heterocycles. The van der Waals surface area contributed by atoms with Crippen molar-refractivity contribution in [3.63, 3.8) is 0 Å². The predicted octanol–water partition coefficient (Wildman–Crippen LogP) is 6.22. The Morgan fingerprint density at radius 1 is 0.826 bits per heavy atom. The molecule has 1 saturated heterocycles. The van der Waals surface area contributed by atoms with E-state index >= 15 is 0 Å². The Bertz CT molecular complexity index is 302. The maximum absolute atomic E-state index is 5.59. The fourth-order valence-corrected chi connectivity index (χ4v) is 3.24. The summed E-state index contributed by atoms with van der Waals surface area (Å²) in [6.07, 6.45) is 18.1. The molecule has 1 fully saturated rings. The number of halogens is 1. The largest absolute Gasteiger partial charge is 0.353 e. The van der Waals surface area contributed by atoms with Crippen molar-refractivity contribution in [2.75, 3.05) is 18.5 Å². The molecule has 1 unspecified atom stereocenters. The fourth-order valence-electron chi connectivity index (χ4n) is 2.84. The minimum Gasteiger partial charge on any atom is -0.353 e. The normalized spacial score (nSPS) is 17.7. The minimum atomic E-state index is -0.00229. The molecule has 1 aliphatic rings. The summed E-state index contributed by atoms with van der Waals surface area (Å²) >= 11 is 3.48. The van der Waals surface area contributed by atoms with E-state index in [9.17, 15) is 0 Å². The van der Waals surface area contributed by atoms with Gasteiger partial charge in [0, 0.05) is 18.4 Å². The lowest BCUT2D eigenvalue weighted by Crippen LogP contribution is -2.22. The molecular weight excluding hydrogens is 352 g/mol. The van der Waals surface area contributed by atoms with Gasteiger partial charge < -0.3 is 9.47 Å². The van der Waals surface area contributed by atoms with Crippen molar-refractivity contribution in [2.45, 2.75) is 96.2 Å². The van der Waals surface area contributed by atoms with Crippen LogP contribution >= 0.6 is 15.9 Å². The molecule has 0 aromatic rings. The van der Waals surface area contributed by atoms with E-state index in [1.54, 1.807) is 0 Å². The third-order valence-electron chi connectivity index (χ3n) is 4.29. The van der Waals surface area contributed by atoms with Gasteiger partial charge in [-0.3, -0.25) is 0 Å². The lowest BCUT2D eigenvalue weighted by Gasteiger charge is -2.21. The van der Waals surface area contributed by atoms with Crippen LogP contribution in [0.2, 0.25) is 0 Å².